The van der Waals surface area contributed by atoms with Gasteiger partial charge in [0.05, 0.1) is 23.5 Å². The number of nitrogens with zero attached hydrogens (tertiary/aromatic N) is 1. The summed E-state index contributed by atoms with van der Waals surface area (Å²) in [5.74, 6) is -0.717. The Kier molecular flexibility index (Phi) is 5.50. The van der Waals surface area contributed by atoms with Gasteiger partial charge in [0.15, 0.2) is 11.4 Å². The molecule has 4 nitrogen and oxygen atoms in total. The number of aliphatic hydroxyl groups is 1. The van der Waals surface area contributed by atoms with Crippen molar-refractivity contribution in [3.05, 3.63) is 84.4 Å². The molecule has 0 aliphatic carbocycles. The number of rotatable bonds is 5. The minimum absolute atomic E-state index is 0.240. The van der Waals surface area contributed by atoms with E-state index in [0.717, 1.165) is 19.4 Å². The van der Waals surface area contributed by atoms with Crippen LogP contribution in [-0.4, -0.2) is 16.8 Å². The highest BCUT2D eigenvalue weighted by Crippen LogP contribution is 2.45. The number of amides is 1. The van der Waals surface area contributed by atoms with Crippen molar-refractivity contribution in [2.75, 3.05) is 4.90 Å². The summed E-state index contributed by atoms with van der Waals surface area (Å²) in [7, 11) is 0. The zero-order valence-electron chi connectivity index (χ0n) is 15.5. The third-order valence-corrected chi connectivity index (χ3v) is 7.04. The van der Waals surface area contributed by atoms with Gasteiger partial charge in [0.25, 0.3) is 5.91 Å². The molecule has 1 N–H and O–H groups in total. The van der Waals surface area contributed by atoms with E-state index >= 15 is 0 Å². The van der Waals surface area contributed by atoms with Crippen molar-refractivity contribution in [3.8, 4) is 0 Å². The van der Waals surface area contributed by atoms with Gasteiger partial charge in [-0.15, -0.1) is 11.3 Å². The molecule has 3 aromatic rings. The van der Waals surface area contributed by atoms with Crippen LogP contribution in [0.3, 0.4) is 0 Å². The van der Waals surface area contributed by atoms with Gasteiger partial charge in [0.2, 0.25) is 0 Å². The highest BCUT2D eigenvalue weighted by Gasteiger charge is 2.51. The van der Waals surface area contributed by atoms with Gasteiger partial charge in [-0.25, -0.2) is 0 Å². The topological polar surface area (TPSA) is 57.6 Å². The molecule has 1 aliphatic rings. The quantitative estimate of drug-likeness (QED) is 0.434. The van der Waals surface area contributed by atoms with Crippen molar-refractivity contribution in [1.29, 1.82) is 0 Å². The first-order valence-corrected chi connectivity index (χ1v) is 11.4. The van der Waals surface area contributed by atoms with Gasteiger partial charge < -0.3 is 10.0 Å². The molecule has 7 heteroatoms. The molecule has 1 aromatic heterocycles. The maximum atomic E-state index is 13.3. The summed E-state index contributed by atoms with van der Waals surface area (Å²) in [6.45, 7) is 2.23. The molecule has 1 amide bonds. The molecule has 1 unspecified atom stereocenters. The summed E-state index contributed by atoms with van der Waals surface area (Å²) in [4.78, 5) is 29.3. The number of thiophene rings is 1. The van der Waals surface area contributed by atoms with Crippen molar-refractivity contribution < 1.29 is 14.7 Å². The van der Waals surface area contributed by atoms with Gasteiger partial charge in [-0.3, -0.25) is 9.59 Å². The van der Waals surface area contributed by atoms with Crippen LogP contribution in [-0.2, 0) is 16.9 Å². The average Bonchev–Trinajstić information content (AvgIpc) is 3.20. The zero-order valence-corrected chi connectivity index (χ0v) is 19.5. The van der Waals surface area contributed by atoms with Gasteiger partial charge in [0, 0.05) is 19.4 Å². The minimum atomic E-state index is -1.89. The smallest absolute Gasteiger partial charge is 0.264 e. The summed E-state index contributed by atoms with van der Waals surface area (Å²) >= 11 is 8.20. The molecule has 1 atom stereocenters. The lowest BCUT2D eigenvalue weighted by Gasteiger charge is -2.22. The lowest BCUT2D eigenvalue weighted by Crippen LogP contribution is -2.41. The second-order valence-electron chi connectivity index (χ2n) is 7.05. The highest BCUT2D eigenvalue weighted by atomic mass is 79.9. The van der Waals surface area contributed by atoms with Gasteiger partial charge in [0.1, 0.15) is 0 Å². The number of anilines is 1. The van der Waals surface area contributed by atoms with Crippen LogP contribution in [0.25, 0.3) is 0 Å². The molecule has 148 valence electrons. The molecule has 0 bridgehead atoms. The van der Waals surface area contributed by atoms with Crippen LogP contribution in [0.2, 0.25) is 0 Å². The normalized spacial score (nSPS) is 18.2. The number of ketones is 1. The number of halogens is 2. The Balaban J connectivity index is 1.71. The predicted molar refractivity (Wildman–Crippen MR) is 121 cm³/mol. The number of hydrogen-bond acceptors (Lipinski definition) is 4. The average molecular weight is 535 g/mol. The Bertz CT molecular complexity index is 1110. The van der Waals surface area contributed by atoms with Gasteiger partial charge in [-0.05, 0) is 55.0 Å². The fourth-order valence-electron chi connectivity index (χ4n) is 3.53. The summed E-state index contributed by atoms with van der Waals surface area (Å²) in [6, 6.07) is 16.6. The molecule has 0 saturated carbocycles. The Hall–Kier alpha value is -1.80. The SMILES string of the molecule is Cc1ccc(C(=O)CC2(O)C(=O)N(Cc3ccc(Br)cc3)c3ccc(Br)cc32)s1. The largest absolute Gasteiger partial charge is 0.375 e. The minimum Gasteiger partial charge on any atom is -0.375 e. The molecule has 0 fully saturated rings. The molecule has 4 rings (SSSR count). The first-order chi connectivity index (χ1) is 13.8. The molecular formula is C22H17Br2NO3S. The number of carbonyl (C=O) groups is 2. The lowest BCUT2D eigenvalue weighted by molar-refractivity contribution is -0.136. The van der Waals surface area contributed by atoms with Crippen molar-refractivity contribution in [2.45, 2.75) is 25.5 Å². The van der Waals surface area contributed by atoms with Crippen LogP contribution in [0.4, 0.5) is 5.69 Å². The van der Waals surface area contributed by atoms with Crippen LogP contribution in [0.5, 0.6) is 0 Å². The van der Waals surface area contributed by atoms with Crippen LogP contribution in [0.1, 0.15) is 32.1 Å². The Morgan fingerprint density at radius 3 is 2.41 bits per heavy atom. The summed E-state index contributed by atoms with van der Waals surface area (Å²) in [6.07, 6.45) is -0.286. The van der Waals surface area contributed by atoms with E-state index in [2.05, 4.69) is 31.9 Å². The standard InChI is InChI=1S/C22H17Br2NO3S/c1-13-2-9-20(29-13)19(26)11-22(28)17-10-16(24)7-8-18(17)25(21(22)27)12-14-3-5-15(23)6-4-14/h2-10,28H,11-12H2,1H3. The van der Waals surface area contributed by atoms with Crippen LogP contribution in [0.15, 0.2) is 63.5 Å². The summed E-state index contributed by atoms with van der Waals surface area (Å²) in [5, 5.41) is 11.4. The zero-order chi connectivity index (χ0) is 20.8. The third-order valence-electron chi connectivity index (χ3n) is 4.98. The van der Waals surface area contributed by atoms with E-state index in [1.54, 1.807) is 23.1 Å². The highest BCUT2D eigenvalue weighted by molar-refractivity contribution is 9.10. The number of hydrogen-bond donors (Lipinski definition) is 1. The first-order valence-electron chi connectivity index (χ1n) is 8.96. The molecule has 0 radical (unpaired) electrons. The second kappa shape index (κ2) is 7.80. The first kappa shape index (κ1) is 20.5. The second-order valence-corrected chi connectivity index (χ2v) is 10.2. The van der Waals surface area contributed by atoms with E-state index in [9.17, 15) is 14.7 Å². The molecule has 2 aromatic carbocycles. The Morgan fingerprint density at radius 2 is 1.76 bits per heavy atom. The number of carbonyl (C=O) groups excluding carboxylic acids is 2. The fraction of sp³-hybridized carbons (Fsp3) is 0.182. The van der Waals surface area contributed by atoms with E-state index in [-0.39, 0.29) is 12.2 Å². The van der Waals surface area contributed by atoms with Crippen molar-refractivity contribution >= 4 is 60.6 Å². The molecular weight excluding hydrogens is 518 g/mol. The van der Waals surface area contributed by atoms with E-state index in [1.165, 1.54) is 11.3 Å². The van der Waals surface area contributed by atoms with Crippen molar-refractivity contribution in [2.24, 2.45) is 0 Å². The fourth-order valence-corrected chi connectivity index (χ4v) is 4.96. The number of Topliss-reactive ketones (excluding diaryl/α,β-unsaturated/α-hetero) is 1. The predicted octanol–water partition coefficient (Wildman–Crippen LogP) is 5.59. The number of fused-ring (bicyclic) bond motifs is 1. The molecule has 2 heterocycles. The number of aryl methyl sites for hydroxylation is 1. The van der Waals surface area contributed by atoms with Gasteiger partial charge >= 0.3 is 0 Å². The summed E-state index contributed by atoms with van der Waals surface area (Å²) in [5.41, 5.74) is 0.123. The van der Waals surface area contributed by atoms with Crippen LogP contribution < -0.4 is 4.90 Å². The van der Waals surface area contributed by atoms with E-state index < -0.39 is 11.5 Å². The Labute approximate surface area is 189 Å². The van der Waals surface area contributed by atoms with E-state index in [0.29, 0.717) is 22.7 Å². The molecule has 29 heavy (non-hydrogen) atoms. The maximum Gasteiger partial charge on any atom is 0.264 e. The molecule has 1 aliphatic heterocycles. The van der Waals surface area contributed by atoms with Crippen LogP contribution in [0, 0.1) is 6.92 Å². The molecule has 0 saturated heterocycles. The maximum absolute atomic E-state index is 13.3. The van der Waals surface area contributed by atoms with Crippen molar-refractivity contribution in [3.63, 3.8) is 0 Å². The Morgan fingerprint density at radius 1 is 1.07 bits per heavy atom. The van der Waals surface area contributed by atoms with E-state index in [4.69, 9.17) is 0 Å². The van der Waals surface area contributed by atoms with Crippen LogP contribution >= 0.6 is 43.2 Å². The molecule has 0 spiro atoms. The van der Waals surface area contributed by atoms with Crippen molar-refractivity contribution in [1.82, 2.24) is 0 Å². The van der Waals surface area contributed by atoms with Gasteiger partial charge in [-0.2, -0.15) is 0 Å². The summed E-state index contributed by atoms with van der Waals surface area (Å²) < 4.78 is 1.69. The lowest BCUT2D eigenvalue weighted by atomic mass is 9.89. The van der Waals surface area contributed by atoms with E-state index in [1.807, 2.05) is 43.3 Å². The third kappa shape index (κ3) is 3.84. The number of benzene rings is 2. The monoisotopic (exact) mass is 533 g/mol. The van der Waals surface area contributed by atoms with Gasteiger partial charge in [-0.1, -0.05) is 44.0 Å².